The largest absolute Gasteiger partial charge is 0.309 e. The lowest BCUT2D eigenvalue weighted by Gasteiger charge is -2.22. The molecule has 1 aromatic heterocycles. The van der Waals surface area contributed by atoms with Crippen LogP contribution in [-0.2, 0) is 7.05 Å². The minimum atomic E-state index is 0.419. The number of hydrogen-bond donors (Lipinski definition) is 1. The zero-order chi connectivity index (χ0) is 14.1. The predicted octanol–water partition coefficient (Wildman–Crippen LogP) is 4.07. The second-order valence-corrected chi connectivity index (χ2v) is 5.57. The molecule has 0 aliphatic heterocycles. The molecule has 3 nitrogen and oxygen atoms in total. The van der Waals surface area contributed by atoms with Crippen molar-refractivity contribution in [2.75, 3.05) is 6.54 Å². The zero-order valence-electron chi connectivity index (χ0n) is 13.2. The number of unbranched alkanes of at least 4 members (excludes halogenated alkanes) is 1. The van der Waals surface area contributed by atoms with Gasteiger partial charge in [0.1, 0.15) is 0 Å². The molecule has 0 fully saturated rings. The Bertz CT molecular complexity index is 332. The summed E-state index contributed by atoms with van der Waals surface area (Å²) in [5, 5.41) is 8.25. The maximum atomic E-state index is 4.59. The molecule has 0 spiro atoms. The van der Waals surface area contributed by atoms with Crippen molar-refractivity contribution in [3.05, 3.63) is 18.0 Å². The Kier molecular flexibility index (Phi) is 7.80. The highest BCUT2D eigenvalue weighted by atomic mass is 15.3. The van der Waals surface area contributed by atoms with E-state index in [0.717, 1.165) is 12.5 Å². The third-order valence-electron chi connectivity index (χ3n) is 3.84. The SMILES string of the molecule is CCCCC(CC)CC(NCCC)c1ccn(C)n1. The summed E-state index contributed by atoms with van der Waals surface area (Å²) < 4.78 is 1.91. The fraction of sp³-hybridized carbons (Fsp3) is 0.812. The molecule has 1 heterocycles. The Labute approximate surface area is 118 Å². The lowest BCUT2D eigenvalue weighted by atomic mass is 9.91. The van der Waals surface area contributed by atoms with E-state index in [1.165, 1.54) is 44.2 Å². The third kappa shape index (κ3) is 5.77. The van der Waals surface area contributed by atoms with Crippen LogP contribution < -0.4 is 5.32 Å². The molecule has 0 saturated carbocycles. The van der Waals surface area contributed by atoms with Crippen LogP contribution >= 0.6 is 0 Å². The van der Waals surface area contributed by atoms with Crippen molar-refractivity contribution in [2.45, 2.75) is 65.3 Å². The van der Waals surface area contributed by atoms with Crippen LogP contribution in [0.2, 0.25) is 0 Å². The number of aryl methyl sites for hydroxylation is 1. The summed E-state index contributed by atoms with van der Waals surface area (Å²) in [6.07, 6.45) is 9.71. The molecule has 1 aromatic rings. The Morgan fingerprint density at radius 3 is 2.58 bits per heavy atom. The van der Waals surface area contributed by atoms with Gasteiger partial charge in [-0.25, -0.2) is 0 Å². The van der Waals surface area contributed by atoms with Gasteiger partial charge in [0.2, 0.25) is 0 Å². The summed E-state index contributed by atoms with van der Waals surface area (Å²) >= 11 is 0. The van der Waals surface area contributed by atoms with Crippen molar-refractivity contribution in [1.29, 1.82) is 0 Å². The van der Waals surface area contributed by atoms with Gasteiger partial charge in [0.25, 0.3) is 0 Å². The van der Waals surface area contributed by atoms with Gasteiger partial charge in [-0.1, -0.05) is 46.5 Å². The van der Waals surface area contributed by atoms with Crippen LogP contribution in [0.4, 0.5) is 0 Å². The minimum absolute atomic E-state index is 0.419. The maximum absolute atomic E-state index is 4.59. The number of nitrogens with zero attached hydrogens (tertiary/aromatic N) is 2. The Morgan fingerprint density at radius 2 is 2.05 bits per heavy atom. The van der Waals surface area contributed by atoms with Crippen molar-refractivity contribution >= 4 is 0 Å². The Morgan fingerprint density at radius 1 is 1.26 bits per heavy atom. The van der Waals surface area contributed by atoms with E-state index in [2.05, 4.69) is 37.3 Å². The number of nitrogens with one attached hydrogen (secondary N) is 1. The van der Waals surface area contributed by atoms with Crippen LogP contribution in [0.1, 0.15) is 71.0 Å². The molecule has 0 aromatic carbocycles. The molecule has 0 radical (unpaired) electrons. The quantitative estimate of drug-likeness (QED) is 0.691. The molecule has 19 heavy (non-hydrogen) atoms. The Balaban J connectivity index is 2.62. The van der Waals surface area contributed by atoms with Crippen molar-refractivity contribution in [1.82, 2.24) is 15.1 Å². The predicted molar refractivity (Wildman–Crippen MR) is 82.2 cm³/mol. The molecule has 0 aliphatic rings. The molecule has 0 aliphatic carbocycles. The van der Waals surface area contributed by atoms with E-state index < -0.39 is 0 Å². The number of aromatic nitrogens is 2. The summed E-state index contributed by atoms with van der Waals surface area (Å²) in [4.78, 5) is 0. The molecular weight excluding hydrogens is 234 g/mol. The van der Waals surface area contributed by atoms with Gasteiger partial charge < -0.3 is 5.32 Å². The van der Waals surface area contributed by atoms with Crippen LogP contribution in [0.15, 0.2) is 12.3 Å². The van der Waals surface area contributed by atoms with E-state index in [4.69, 9.17) is 0 Å². The van der Waals surface area contributed by atoms with Gasteiger partial charge in [-0.15, -0.1) is 0 Å². The van der Waals surface area contributed by atoms with Crippen molar-refractivity contribution in [3.63, 3.8) is 0 Å². The molecule has 2 unspecified atom stereocenters. The van der Waals surface area contributed by atoms with Gasteiger partial charge in [0.15, 0.2) is 0 Å². The van der Waals surface area contributed by atoms with Gasteiger partial charge in [-0.2, -0.15) is 5.10 Å². The first-order chi connectivity index (χ1) is 9.21. The van der Waals surface area contributed by atoms with Crippen LogP contribution in [-0.4, -0.2) is 16.3 Å². The van der Waals surface area contributed by atoms with E-state index in [-0.39, 0.29) is 0 Å². The second kappa shape index (κ2) is 9.13. The van der Waals surface area contributed by atoms with E-state index in [9.17, 15) is 0 Å². The summed E-state index contributed by atoms with van der Waals surface area (Å²) in [7, 11) is 1.99. The minimum Gasteiger partial charge on any atom is -0.309 e. The van der Waals surface area contributed by atoms with Crippen molar-refractivity contribution in [2.24, 2.45) is 13.0 Å². The van der Waals surface area contributed by atoms with Crippen LogP contribution in [0.5, 0.6) is 0 Å². The molecule has 0 amide bonds. The average molecular weight is 265 g/mol. The monoisotopic (exact) mass is 265 g/mol. The highest BCUT2D eigenvalue weighted by Crippen LogP contribution is 2.25. The van der Waals surface area contributed by atoms with Crippen molar-refractivity contribution in [3.8, 4) is 0 Å². The molecule has 2 atom stereocenters. The maximum Gasteiger partial charge on any atom is 0.0793 e. The van der Waals surface area contributed by atoms with Crippen LogP contribution in [0.3, 0.4) is 0 Å². The third-order valence-corrected chi connectivity index (χ3v) is 3.84. The fourth-order valence-corrected chi connectivity index (χ4v) is 2.56. The van der Waals surface area contributed by atoms with E-state index in [0.29, 0.717) is 6.04 Å². The molecule has 0 saturated heterocycles. The molecular formula is C16H31N3. The van der Waals surface area contributed by atoms with Crippen LogP contribution in [0, 0.1) is 5.92 Å². The van der Waals surface area contributed by atoms with Gasteiger partial charge >= 0.3 is 0 Å². The Hall–Kier alpha value is -0.830. The fourth-order valence-electron chi connectivity index (χ4n) is 2.56. The van der Waals surface area contributed by atoms with Gasteiger partial charge in [0, 0.05) is 13.2 Å². The first-order valence-corrected chi connectivity index (χ1v) is 7.94. The summed E-state index contributed by atoms with van der Waals surface area (Å²) in [6.45, 7) is 7.89. The first-order valence-electron chi connectivity index (χ1n) is 7.94. The lowest BCUT2D eigenvalue weighted by molar-refractivity contribution is 0.348. The molecule has 0 bridgehead atoms. The van der Waals surface area contributed by atoms with Gasteiger partial charge in [-0.05, 0) is 31.4 Å². The molecule has 110 valence electrons. The van der Waals surface area contributed by atoms with Gasteiger partial charge in [-0.3, -0.25) is 4.68 Å². The topological polar surface area (TPSA) is 29.9 Å². The van der Waals surface area contributed by atoms with E-state index in [1.807, 2.05) is 17.9 Å². The standard InChI is InChI=1S/C16H31N3/c1-5-8-9-14(7-3)13-16(17-11-6-2)15-10-12-19(4)18-15/h10,12,14,16-17H,5-9,11,13H2,1-4H3. The molecule has 1 N–H and O–H groups in total. The highest BCUT2D eigenvalue weighted by molar-refractivity contribution is 5.05. The molecule has 3 heteroatoms. The zero-order valence-corrected chi connectivity index (χ0v) is 13.2. The second-order valence-electron chi connectivity index (χ2n) is 5.57. The number of rotatable bonds is 10. The summed E-state index contributed by atoms with van der Waals surface area (Å²) in [5.74, 6) is 0.816. The van der Waals surface area contributed by atoms with E-state index in [1.54, 1.807) is 0 Å². The normalized spacial score (nSPS) is 14.5. The first kappa shape index (κ1) is 16.2. The van der Waals surface area contributed by atoms with E-state index >= 15 is 0 Å². The summed E-state index contributed by atoms with van der Waals surface area (Å²) in [5.41, 5.74) is 1.20. The van der Waals surface area contributed by atoms with Crippen LogP contribution in [0.25, 0.3) is 0 Å². The lowest BCUT2D eigenvalue weighted by Crippen LogP contribution is -2.25. The summed E-state index contributed by atoms with van der Waals surface area (Å²) in [6, 6.07) is 2.57. The smallest absolute Gasteiger partial charge is 0.0793 e. The average Bonchev–Trinajstić information content (AvgIpc) is 2.84. The van der Waals surface area contributed by atoms with Crippen molar-refractivity contribution < 1.29 is 0 Å². The molecule has 1 rings (SSSR count). The highest BCUT2D eigenvalue weighted by Gasteiger charge is 2.18. The van der Waals surface area contributed by atoms with Gasteiger partial charge in [0.05, 0.1) is 11.7 Å². The number of hydrogen-bond acceptors (Lipinski definition) is 2.